The summed E-state index contributed by atoms with van der Waals surface area (Å²) in [7, 11) is 0. The molecule has 1 saturated carbocycles. The predicted octanol–water partition coefficient (Wildman–Crippen LogP) is 2.79. The van der Waals surface area contributed by atoms with E-state index in [1.807, 2.05) is 4.90 Å². The van der Waals surface area contributed by atoms with Crippen LogP contribution in [0.3, 0.4) is 0 Å². The van der Waals surface area contributed by atoms with Crippen molar-refractivity contribution in [2.45, 2.75) is 25.3 Å². The molecule has 0 radical (unpaired) electrons. The fourth-order valence-corrected chi connectivity index (χ4v) is 3.74. The first-order chi connectivity index (χ1) is 9.56. The van der Waals surface area contributed by atoms with Crippen molar-refractivity contribution in [3.05, 3.63) is 34.1 Å². The van der Waals surface area contributed by atoms with Gasteiger partial charge < -0.3 is 10.6 Å². The van der Waals surface area contributed by atoms with E-state index in [0.29, 0.717) is 28.4 Å². The molecule has 20 heavy (non-hydrogen) atoms. The molecule has 2 aliphatic rings. The van der Waals surface area contributed by atoms with E-state index in [9.17, 15) is 9.18 Å². The molecule has 108 valence electrons. The number of likely N-dealkylation sites (tertiary alicyclic amines) is 1. The van der Waals surface area contributed by atoms with Crippen LogP contribution in [0, 0.1) is 17.7 Å². The molecule has 3 atom stereocenters. The van der Waals surface area contributed by atoms with Crippen LogP contribution in [0.1, 0.15) is 29.6 Å². The van der Waals surface area contributed by atoms with E-state index in [0.717, 1.165) is 25.8 Å². The van der Waals surface area contributed by atoms with Crippen molar-refractivity contribution in [1.29, 1.82) is 0 Å². The number of nitrogens with zero attached hydrogens (tertiary/aromatic N) is 1. The van der Waals surface area contributed by atoms with E-state index < -0.39 is 5.82 Å². The largest absolute Gasteiger partial charge is 0.338 e. The van der Waals surface area contributed by atoms with Crippen LogP contribution in [0.15, 0.2) is 22.7 Å². The first-order valence-electron chi connectivity index (χ1n) is 7.06. The number of amides is 1. The molecule has 1 amide bonds. The highest BCUT2D eigenvalue weighted by molar-refractivity contribution is 9.10. The van der Waals surface area contributed by atoms with Crippen molar-refractivity contribution in [2.24, 2.45) is 17.6 Å². The molecule has 1 aliphatic heterocycles. The highest BCUT2D eigenvalue weighted by Gasteiger charge is 2.40. The Morgan fingerprint density at radius 3 is 2.85 bits per heavy atom. The Morgan fingerprint density at radius 2 is 2.15 bits per heavy atom. The maximum Gasteiger partial charge on any atom is 0.253 e. The molecule has 1 aromatic carbocycles. The average Bonchev–Trinajstić information content (AvgIpc) is 2.86. The number of hydrogen-bond acceptors (Lipinski definition) is 2. The summed E-state index contributed by atoms with van der Waals surface area (Å²) in [6.45, 7) is 1.47. The highest BCUT2D eigenvalue weighted by atomic mass is 79.9. The van der Waals surface area contributed by atoms with Crippen LogP contribution in [0.2, 0.25) is 0 Å². The van der Waals surface area contributed by atoms with Gasteiger partial charge >= 0.3 is 0 Å². The Hall–Kier alpha value is -0.940. The third kappa shape index (κ3) is 2.49. The van der Waals surface area contributed by atoms with Crippen LogP contribution in [-0.2, 0) is 0 Å². The van der Waals surface area contributed by atoms with Crippen LogP contribution < -0.4 is 5.73 Å². The van der Waals surface area contributed by atoms with Gasteiger partial charge in [0.2, 0.25) is 0 Å². The second-order valence-electron chi connectivity index (χ2n) is 5.86. The molecule has 1 aromatic rings. The van der Waals surface area contributed by atoms with Crippen molar-refractivity contribution < 1.29 is 9.18 Å². The van der Waals surface area contributed by atoms with Gasteiger partial charge in [-0.15, -0.1) is 0 Å². The van der Waals surface area contributed by atoms with Gasteiger partial charge in [-0.3, -0.25) is 4.79 Å². The standard InChI is InChI=1S/C15H18BrFN2O/c16-12-5-4-9(6-13(12)17)15(20)19-7-10-2-1-3-14(18)11(10)8-19/h4-6,10-11,14H,1-3,7-8,18H2. The molecule has 2 fully saturated rings. The lowest BCUT2D eigenvalue weighted by atomic mass is 9.78. The van der Waals surface area contributed by atoms with E-state index in [4.69, 9.17) is 5.73 Å². The molecule has 0 bridgehead atoms. The Bertz CT molecular complexity index is 537. The normalized spacial score (nSPS) is 29.4. The lowest BCUT2D eigenvalue weighted by molar-refractivity contribution is 0.0783. The predicted molar refractivity (Wildman–Crippen MR) is 78.8 cm³/mol. The summed E-state index contributed by atoms with van der Waals surface area (Å²) in [5, 5.41) is 0. The minimum absolute atomic E-state index is 0.0852. The minimum Gasteiger partial charge on any atom is -0.338 e. The SMILES string of the molecule is NC1CCCC2CN(C(=O)c3ccc(Br)c(F)c3)CC12. The summed E-state index contributed by atoms with van der Waals surface area (Å²) < 4.78 is 13.9. The van der Waals surface area contributed by atoms with Crippen molar-refractivity contribution in [2.75, 3.05) is 13.1 Å². The summed E-state index contributed by atoms with van der Waals surface area (Å²) in [5.74, 6) is 0.443. The fourth-order valence-electron chi connectivity index (χ4n) is 3.49. The zero-order valence-corrected chi connectivity index (χ0v) is 12.8. The van der Waals surface area contributed by atoms with E-state index in [2.05, 4.69) is 15.9 Å². The number of fused-ring (bicyclic) bond motifs is 1. The van der Waals surface area contributed by atoms with E-state index in [1.54, 1.807) is 12.1 Å². The number of carbonyl (C=O) groups is 1. The van der Waals surface area contributed by atoms with E-state index >= 15 is 0 Å². The van der Waals surface area contributed by atoms with Gasteiger partial charge in [0.25, 0.3) is 5.91 Å². The highest BCUT2D eigenvalue weighted by Crippen LogP contribution is 2.36. The van der Waals surface area contributed by atoms with Crippen LogP contribution in [0.5, 0.6) is 0 Å². The van der Waals surface area contributed by atoms with Crippen molar-refractivity contribution in [3.8, 4) is 0 Å². The third-order valence-corrected chi connectivity index (χ3v) is 5.25. The smallest absolute Gasteiger partial charge is 0.253 e. The molecule has 2 N–H and O–H groups in total. The second kappa shape index (κ2) is 5.45. The zero-order chi connectivity index (χ0) is 14.3. The van der Waals surface area contributed by atoms with Gasteiger partial charge in [-0.1, -0.05) is 6.42 Å². The molecular formula is C15H18BrFN2O. The quantitative estimate of drug-likeness (QED) is 0.854. The van der Waals surface area contributed by atoms with Gasteiger partial charge in [-0.2, -0.15) is 0 Å². The van der Waals surface area contributed by atoms with Gasteiger partial charge in [-0.25, -0.2) is 4.39 Å². The first-order valence-corrected chi connectivity index (χ1v) is 7.85. The Morgan fingerprint density at radius 1 is 1.35 bits per heavy atom. The van der Waals surface area contributed by atoms with Gasteiger partial charge in [0.15, 0.2) is 0 Å². The summed E-state index contributed by atoms with van der Waals surface area (Å²) >= 11 is 3.10. The van der Waals surface area contributed by atoms with Crippen LogP contribution >= 0.6 is 15.9 Å². The molecule has 1 aliphatic carbocycles. The molecular weight excluding hydrogens is 323 g/mol. The van der Waals surface area contributed by atoms with E-state index in [-0.39, 0.29) is 11.9 Å². The lowest BCUT2D eigenvalue weighted by Crippen LogP contribution is -2.38. The minimum atomic E-state index is -0.399. The van der Waals surface area contributed by atoms with Crippen LogP contribution in [-0.4, -0.2) is 29.9 Å². The van der Waals surface area contributed by atoms with Gasteiger partial charge in [0.05, 0.1) is 4.47 Å². The molecule has 3 unspecified atom stereocenters. The molecule has 1 heterocycles. The summed E-state index contributed by atoms with van der Waals surface area (Å²) in [6.07, 6.45) is 3.35. The van der Waals surface area contributed by atoms with Gasteiger partial charge in [-0.05, 0) is 58.8 Å². The molecule has 0 spiro atoms. The number of halogens is 2. The fraction of sp³-hybridized carbons (Fsp3) is 0.533. The van der Waals surface area contributed by atoms with Gasteiger partial charge in [0, 0.05) is 24.7 Å². The number of carbonyl (C=O) groups excluding carboxylic acids is 1. The Balaban J connectivity index is 1.76. The maximum atomic E-state index is 13.5. The first kappa shape index (κ1) is 14.0. The molecule has 3 rings (SSSR count). The van der Waals surface area contributed by atoms with Crippen LogP contribution in [0.25, 0.3) is 0 Å². The second-order valence-corrected chi connectivity index (χ2v) is 6.71. The lowest BCUT2D eigenvalue weighted by Gasteiger charge is -2.29. The number of rotatable bonds is 1. The number of nitrogens with two attached hydrogens (primary N) is 1. The van der Waals surface area contributed by atoms with Gasteiger partial charge in [0.1, 0.15) is 5.82 Å². The molecule has 3 nitrogen and oxygen atoms in total. The summed E-state index contributed by atoms with van der Waals surface area (Å²) in [6, 6.07) is 4.75. The topological polar surface area (TPSA) is 46.3 Å². The number of benzene rings is 1. The van der Waals surface area contributed by atoms with Crippen molar-refractivity contribution >= 4 is 21.8 Å². The third-order valence-electron chi connectivity index (χ3n) is 4.61. The zero-order valence-electron chi connectivity index (χ0n) is 11.2. The molecule has 0 aromatic heterocycles. The average molecular weight is 341 g/mol. The maximum absolute atomic E-state index is 13.5. The Kier molecular flexibility index (Phi) is 3.82. The van der Waals surface area contributed by atoms with Crippen molar-refractivity contribution in [1.82, 2.24) is 4.90 Å². The molecule has 1 saturated heterocycles. The number of hydrogen-bond donors (Lipinski definition) is 1. The van der Waals surface area contributed by atoms with E-state index in [1.165, 1.54) is 6.07 Å². The molecule has 5 heteroatoms. The van der Waals surface area contributed by atoms with Crippen molar-refractivity contribution in [3.63, 3.8) is 0 Å². The summed E-state index contributed by atoms with van der Waals surface area (Å²) in [5.41, 5.74) is 6.58. The summed E-state index contributed by atoms with van der Waals surface area (Å²) in [4.78, 5) is 14.3. The monoisotopic (exact) mass is 340 g/mol. The van der Waals surface area contributed by atoms with Crippen LogP contribution in [0.4, 0.5) is 4.39 Å². The Labute approximate surface area is 126 Å².